The van der Waals surface area contributed by atoms with E-state index >= 15 is 0 Å². The molecule has 0 unspecified atom stereocenters. The van der Waals surface area contributed by atoms with Gasteiger partial charge >= 0.3 is 0 Å². The van der Waals surface area contributed by atoms with Gasteiger partial charge in [-0.15, -0.1) is 0 Å². The van der Waals surface area contributed by atoms with Crippen molar-refractivity contribution in [3.8, 4) is 5.75 Å². The van der Waals surface area contributed by atoms with Crippen molar-refractivity contribution in [2.75, 3.05) is 13.7 Å². The van der Waals surface area contributed by atoms with Gasteiger partial charge in [0.05, 0.1) is 6.04 Å². The number of hydrogen-bond acceptors (Lipinski definition) is 5. The quantitative estimate of drug-likeness (QED) is 0.855. The van der Waals surface area contributed by atoms with Crippen LogP contribution in [0.4, 0.5) is 0 Å². The zero-order chi connectivity index (χ0) is 19.7. The van der Waals surface area contributed by atoms with Gasteiger partial charge in [0, 0.05) is 32.0 Å². The lowest BCUT2D eigenvalue weighted by Crippen LogP contribution is -2.55. The molecule has 1 aliphatic carbocycles. The first-order valence-electron chi connectivity index (χ1n) is 9.40. The van der Waals surface area contributed by atoms with Gasteiger partial charge in [0.25, 0.3) is 5.91 Å². The summed E-state index contributed by atoms with van der Waals surface area (Å²) in [7, 11) is 1.70. The van der Waals surface area contributed by atoms with Crippen molar-refractivity contribution in [1.29, 1.82) is 0 Å². The summed E-state index contributed by atoms with van der Waals surface area (Å²) in [5.41, 5.74) is 1.62. The molecule has 2 fully saturated rings. The number of amides is 2. The van der Waals surface area contributed by atoms with Crippen molar-refractivity contribution >= 4 is 11.8 Å². The second-order valence-electron chi connectivity index (χ2n) is 7.36. The van der Waals surface area contributed by atoms with Gasteiger partial charge < -0.3 is 19.6 Å². The minimum atomic E-state index is -0.787. The molecule has 1 aromatic carbocycles. The molecule has 1 N–H and O–H groups in total. The van der Waals surface area contributed by atoms with E-state index in [4.69, 9.17) is 4.74 Å². The summed E-state index contributed by atoms with van der Waals surface area (Å²) in [5.74, 6) is -0.127. The Kier molecular flexibility index (Phi) is 5.00. The maximum Gasteiger partial charge on any atom is 0.254 e. The van der Waals surface area contributed by atoms with Crippen LogP contribution in [0.15, 0.2) is 48.8 Å². The van der Waals surface area contributed by atoms with E-state index in [1.165, 1.54) is 0 Å². The third-order valence-electron chi connectivity index (χ3n) is 5.18. The molecule has 2 atom stereocenters. The molecule has 1 aliphatic heterocycles. The molecule has 0 radical (unpaired) electrons. The summed E-state index contributed by atoms with van der Waals surface area (Å²) in [6, 6.07) is 10.2. The van der Waals surface area contributed by atoms with E-state index in [-0.39, 0.29) is 30.2 Å². The number of carbonyl (C=O) groups excluding carboxylic acids is 2. The molecule has 7 nitrogen and oxygen atoms in total. The number of phenols is 1. The Labute approximate surface area is 163 Å². The zero-order valence-electron chi connectivity index (χ0n) is 15.7. The highest BCUT2D eigenvalue weighted by atomic mass is 16.5. The number of aromatic nitrogens is 1. The van der Waals surface area contributed by atoms with Crippen molar-refractivity contribution in [1.82, 2.24) is 14.8 Å². The van der Waals surface area contributed by atoms with Gasteiger partial charge in [0.15, 0.2) is 6.10 Å². The lowest BCUT2D eigenvalue weighted by atomic mass is 9.97. The molecule has 2 aromatic rings. The second kappa shape index (κ2) is 7.59. The largest absolute Gasteiger partial charge is 0.508 e. The Balaban J connectivity index is 1.60. The SMILES string of the molecule is CN(Cc1cccc(O)c1)C(=O)[C@H]1OCC(=O)N(C2CC2)[C@@H]1c1cccnc1. The molecule has 1 saturated carbocycles. The maximum absolute atomic E-state index is 13.2. The number of aromatic hydroxyl groups is 1. The summed E-state index contributed by atoms with van der Waals surface area (Å²) >= 11 is 0. The van der Waals surface area contributed by atoms with Crippen molar-refractivity contribution in [3.63, 3.8) is 0 Å². The van der Waals surface area contributed by atoms with Crippen LogP contribution in [0.3, 0.4) is 0 Å². The average molecular weight is 381 g/mol. The molecule has 28 heavy (non-hydrogen) atoms. The summed E-state index contributed by atoms with van der Waals surface area (Å²) in [4.78, 5) is 33.4. The monoisotopic (exact) mass is 381 g/mol. The Morgan fingerprint density at radius 2 is 2.14 bits per heavy atom. The molecular weight excluding hydrogens is 358 g/mol. The van der Waals surface area contributed by atoms with E-state index < -0.39 is 12.1 Å². The number of benzene rings is 1. The van der Waals surface area contributed by atoms with E-state index in [1.807, 2.05) is 17.0 Å². The fraction of sp³-hybridized carbons (Fsp3) is 0.381. The molecule has 7 heteroatoms. The standard InChI is InChI=1S/C21H23N3O4/c1-23(12-14-4-2-6-17(25)10-14)21(27)20-19(15-5-3-9-22-11-15)24(16-7-8-16)18(26)13-28-20/h2-6,9-11,16,19-20,25H,7-8,12-13H2,1H3/t19-,20+/m1/s1. The van der Waals surface area contributed by atoms with Crippen LogP contribution < -0.4 is 0 Å². The summed E-state index contributed by atoms with van der Waals surface area (Å²) in [6.07, 6.45) is 4.47. The van der Waals surface area contributed by atoms with Crippen LogP contribution in [-0.4, -0.2) is 57.5 Å². The van der Waals surface area contributed by atoms with Gasteiger partial charge in [0.1, 0.15) is 12.4 Å². The number of nitrogens with zero attached hydrogens (tertiary/aromatic N) is 3. The van der Waals surface area contributed by atoms with Crippen molar-refractivity contribution in [2.45, 2.75) is 37.6 Å². The van der Waals surface area contributed by atoms with Gasteiger partial charge in [-0.05, 0) is 42.2 Å². The Morgan fingerprint density at radius 3 is 2.82 bits per heavy atom. The Morgan fingerprint density at radius 1 is 1.32 bits per heavy atom. The van der Waals surface area contributed by atoms with Crippen molar-refractivity contribution in [2.24, 2.45) is 0 Å². The van der Waals surface area contributed by atoms with Crippen LogP contribution in [0.1, 0.15) is 30.0 Å². The number of phenolic OH excluding ortho intramolecular Hbond substituents is 1. The van der Waals surface area contributed by atoms with Crippen molar-refractivity contribution in [3.05, 3.63) is 59.9 Å². The molecule has 4 rings (SSSR count). The van der Waals surface area contributed by atoms with Crippen LogP contribution in [0, 0.1) is 0 Å². The summed E-state index contributed by atoms with van der Waals surface area (Å²) < 4.78 is 5.75. The highest BCUT2D eigenvalue weighted by Crippen LogP contribution is 2.39. The van der Waals surface area contributed by atoms with Gasteiger partial charge in [-0.2, -0.15) is 0 Å². The normalized spacial score (nSPS) is 22.2. The first-order chi connectivity index (χ1) is 13.5. The molecule has 0 bridgehead atoms. The molecular formula is C21H23N3O4. The minimum absolute atomic E-state index is 0.0870. The van der Waals surface area contributed by atoms with Crippen molar-refractivity contribution < 1.29 is 19.4 Å². The highest BCUT2D eigenvalue weighted by Gasteiger charge is 2.48. The first-order valence-corrected chi connectivity index (χ1v) is 9.40. The second-order valence-corrected chi connectivity index (χ2v) is 7.36. The number of rotatable bonds is 5. The van der Waals surface area contributed by atoms with Gasteiger partial charge in [-0.25, -0.2) is 0 Å². The van der Waals surface area contributed by atoms with E-state index in [2.05, 4.69) is 4.98 Å². The van der Waals surface area contributed by atoms with Crippen LogP contribution >= 0.6 is 0 Å². The predicted octanol–water partition coefficient (Wildman–Crippen LogP) is 1.88. The van der Waals surface area contributed by atoms with E-state index in [0.717, 1.165) is 24.0 Å². The summed E-state index contributed by atoms with van der Waals surface area (Å²) in [5, 5.41) is 9.66. The smallest absolute Gasteiger partial charge is 0.254 e. The third-order valence-corrected chi connectivity index (χ3v) is 5.18. The highest BCUT2D eigenvalue weighted by molar-refractivity contribution is 5.86. The Bertz CT molecular complexity index is 869. The van der Waals surface area contributed by atoms with Crippen LogP contribution in [0.2, 0.25) is 0 Å². The topological polar surface area (TPSA) is 83.0 Å². The van der Waals surface area contributed by atoms with Crippen LogP contribution in [0.25, 0.3) is 0 Å². The fourth-order valence-corrected chi connectivity index (χ4v) is 3.73. The number of hydrogen-bond donors (Lipinski definition) is 1. The Hall–Kier alpha value is -2.93. The lowest BCUT2D eigenvalue weighted by molar-refractivity contribution is -0.170. The number of pyridine rings is 1. The minimum Gasteiger partial charge on any atom is -0.508 e. The molecule has 0 spiro atoms. The zero-order valence-corrected chi connectivity index (χ0v) is 15.7. The number of carbonyl (C=O) groups is 2. The molecule has 146 valence electrons. The molecule has 1 saturated heterocycles. The van der Waals surface area contributed by atoms with E-state index in [1.54, 1.807) is 48.6 Å². The lowest BCUT2D eigenvalue weighted by Gasteiger charge is -2.41. The van der Waals surface area contributed by atoms with Gasteiger partial charge in [-0.1, -0.05) is 18.2 Å². The van der Waals surface area contributed by atoms with Gasteiger partial charge in [-0.3, -0.25) is 14.6 Å². The molecule has 1 aromatic heterocycles. The maximum atomic E-state index is 13.2. The molecule has 2 amide bonds. The first kappa shape index (κ1) is 18.4. The van der Waals surface area contributed by atoms with Gasteiger partial charge in [0.2, 0.25) is 5.91 Å². The van der Waals surface area contributed by atoms with Crippen LogP contribution in [-0.2, 0) is 20.9 Å². The number of likely N-dealkylation sites (N-methyl/N-ethyl adjacent to an activating group) is 1. The van der Waals surface area contributed by atoms with Crippen LogP contribution in [0.5, 0.6) is 5.75 Å². The molecule has 2 heterocycles. The predicted molar refractivity (Wildman–Crippen MR) is 101 cm³/mol. The fourth-order valence-electron chi connectivity index (χ4n) is 3.73. The third kappa shape index (κ3) is 3.71. The summed E-state index contributed by atoms with van der Waals surface area (Å²) in [6.45, 7) is 0.244. The van der Waals surface area contributed by atoms with E-state index in [0.29, 0.717) is 6.54 Å². The number of ether oxygens (including phenoxy) is 1. The molecule has 2 aliphatic rings. The average Bonchev–Trinajstić information content (AvgIpc) is 3.53. The number of morpholine rings is 1. The van der Waals surface area contributed by atoms with E-state index in [9.17, 15) is 14.7 Å².